The molecule has 0 bridgehead atoms. The highest BCUT2D eigenvalue weighted by Crippen LogP contribution is 2.15. The van der Waals surface area contributed by atoms with E-state index in [0.717, 1.165) is 89.9 Å². The van der Waals surface area contributed by atoms with Gasteiger partial charge in [0, 0.05) is 19.3 Å². The Morgan fingerprint density at radius 2 is 0.690 bits per heavy atom. The summed E-state index contributed by atoms with van der Waals surface area (Å²) in [4.78, 5) is 37.8. The Kier molecular flexibility index (Phi) is 44.5. The summed E-state index contributed by atoms with van der Waals surface area (Å²) in [6.07, 6.45) is 56.3. The maximum absolute atomic E-state index is 12.8. The molecule has 334 valence electrons. The molecule has 0 heterocycles. The molecule has 1 unspecified atom stereocenters. The lowest BCUT2D eigenvalue weighted by molar-refractivity contribution is -0.167. The largest absolute Gasteiger partial charge is 0.462 e. The first-order valence-electron chi connectivity index (χ1n) is 24.3. The van der Waals surface area contributed by atoms with Gasteiger partial charge in [-0.15, -0.1) is 0 Å². The minimum absolute atomic E-state index is 0.0905. The number of unbranched alkanes of at least 4 members (excludes halogenated alkanes) is 22. The molecular formula is C52H90O6. The molecule has 0 aliphatic rings. The van der Waals surface area contributed by atoms with Crippen molar-refractivity contribution in [1.82, 2.24) is 0 Å². The van der Waals surface area contributed by atoms with Crippen molar-refractivity contribution in [3.8, 4) is 0 Å². The summed E-state index contributed by atoms with van der Waals surface area (Å²) in [5.74, 6) is -0.941. The average Bonchev–Trinajstić information content (AvgIpc) is 3.22. The van der Waals surface area contributed by atoms with Crippen LogP contribution in [0.15, 0.2) is 60.8 Å². The first-order valence-corrected chi connectivity index (χ1v) is 24.3. The van der Waals surface area contributed by atoms with Crippen LogP contribution in [0.4, 0.5) is 0 Å². The van der Waals surface area contributed by atoms with Crippen LogP contribution in [0.3, 0.4) is 0 Å². The Morgan fingerprint density at radius 3 is 1.16 bits per heavy atom. The van der Waals surface area contributed by atoms with E-state index in [9.17, 15) is 14.4 Å². The van der Waals surface area contributed by atoms with E-state index in [1.165, 1.54) is 103 Å². The molecule has 0 saturated heterocycles. The van der Waals surface area contributed by atoms with Gasteiger partial charge in [-0.25, -0.2) is 0 Å². The summed E-state index contributed by atoms with van der Waals surface area (Å²) in [6, 6.07) is 0. The fourth-order valence-electron chi connectivity index (χ4n) is 6.59. The van der Waals surface area contributed by atoms with E-state index in [1.54, 1.807) is 0 Å². The molecule has 0 aromatic carbocycles. The maximum Gasteiger partial charge on any atom is 0.306 e. The van der Waals surface area contributed by atoms with Crippen LogP contribution in [0.2, 0.25) is 0 Å². The summed E-state index contributed by atoms with van der Waals surface area (Å²) >= 11 is 0. The molecule has 0 aromatic rings. The van der Waals surface area contributed by atoms with Gasteiger partial charge < -0.3 is 14.2 Å². The molecule has 1 atom stereocenters. The Labute approximate surface area is 358 Å². The second-order valence-corrected chi connectivity index (χ2v) is 16.0. The maximum atomic E-state index is 12.8. The number of rotatable bonds is 43. The first-order chi connectivity index (χ1) is 28.5. The van der Waals surface area contributed by atoms with E-state index in [-0.39, 0.29) is 31.1 Å². The monoisotopic (exact) mass is 811 g/mol. The zero-order valence-electron chi connectivity index (χ0n) is 38.0. The molecule has 6 heteroatoms. The standard InChI is InChI=1S/C52H90O6/c1-4-7-10-13-16-19-22-24-26-28-30-33-36-39-42-45-51(54)57-48-49(47-56-50(53)44-41-38-35-32-29-21-18-15-12-9-6-3)58-52(55)46-43-40-37-34-31-27-25-23-20-17-14-11-8-5-2/h7,10,15-16,18-19,24,26,30,33,49H,4-6,8-9,11-14,17,20-23,25,27-29,31-32,34-48H2,1-3H3/b10-7-,18-15-,19-16-,26-24-,33-30-. The summed E-state index contributed by atoms with van der Waals surface area (Å²) in [5.41, 5.74) is 0. The van der Waals surface area contributed by atoms with E-state index in [4.69, 9.17) is 14.2 Å². The zero-order valence-corrected chi connectivity index (χ0v) is 38.0. The van der Waals surface area contributed by atoms with E-state index >= 15 is 0 Å². The van der Waals surface area contributed by atoms with Gasteiger partial charge in [0.05, 0.1) is 0 Å². The van der Waals surface area contributed by atoms with Crippen molar-refractivity contribution in [3.05, 3.63) is 60.8 Å². The average molecular weight is 811 g/mol. The van der Waals surface area contributed by atoms with Gasteiger partial charge in [0.15, 0.2) is 6.10 Å². The van der Waals surface area contributed by atoms with E-state index < -0.39 is 6.10 Å². The van der Waals surface area contributed by atoms with Crippen LogP contribution in [-0.2, 0) is 28.6 Å². The predicted octanol–water partition coefficient (Wildman–Crippen LogP) is 15.7. The fraction of sp³-hybridized carbons (Fsp3) is 0.750. The van der Waals surface area contributed by atoms with Crippen LogP contribution in [0, 0.1) is 0 Å². The molecule has 0 amide bonds. The molecular weight excluding hydrogens is 721 g/mol. The Balaban J connectivity index is 4.44. The van der Waals surface area contributed by atoms with Crippen LogP contribution in [-0.4, -0.2) is 37.2 Å². The number of carbonyl (C=O) groups excluding carboxylic acids is 3. The van der Waals surface area contributed by atoms with Crippen molar-refractivity contribution < 1.29 is 28.6 Å². The molecule has 0 spiro atoms. The smallest absolute Gasteiger partial charge is 0.306 e. The van der Waals surface area contributed by atoms with Gasteiger partial charge in [-0.3, -0.25) is 14.4 Å². The Bertz CT molecular complexity index is 1070. The summed E-state index contributed by atoms with van der Waals surface area (Å²) < 4.78 is 16.7. The molecule has 6 nitrogen and oxygen atoms in total. The molecule has 58 heavy (non-hydrogen) atoms. The zero-order chi connectivity index (χ0) is 42.3. The van der Waals surface area contributed by atoms with Crippen LogP contribution in [0.5, 0.6) is 0 Å². The van der Waals surface area contributed by atoms with Gasteiger partial charge in [0.2, 0.25) is 0 Å². The van der Waals surface area contributed by atoms with E-state index in [2.05, 4.69) is 81.5 Å². The third-order valence-corrected chi connectivity index (χ3v) is 10.3. The molecule has 0 rings (SSSR count). The molecule has 0 radical (unpaired) electrons. The Hall–Kier alpha value is -2.89. The van der Waals surface area contributed by atoms with Gasteiger partial charge in [0.1, 0.15) is 13.2 Å². The van der Waals surface area contributed by atoms with E-state index in [0.29, 0.717) is 19.3 Å². The molecule has 0 N–H and O–H groups in total. The van der Waals surface area contributed by atoms with Crippen LogP contribution >= 0.6 is 0 Å². The van der Waals surface area contributed by atoms with Gasteiger partial charge in [-0.2, -0.15) is 0 Å². The molecule has 0 aliphatic heterocycles. The number of ether oxygens (including phenoxy) is 3. The molecule has 0 fully saturated rings. The van der Waals surface area contributed by atoms with Crippen molar-refractivity contribution in [2.75, 3.05) is 13.2 Å². The van der Waals surface area contributed by atoms with Crippen LogP contribution < -0.4 is 0 Å². The molecule has 0 saturated carbocycles. The van der Waals surface area contributed by atoms with Gasteiger partial charge in [-0.05, 0) is 77.0 Å². The number of esters is 3. The van der Waals surface area contributed by atoms with Crippen LogP contribution in [0.25, 0.3) is 0 Å². The lowest BCUT2D eigenvalue weighted by Crippen LogP contribution is -2.30. The lowest BCUT2D eigenvalue weighted by Gasteiger charge is -2.18. The minimum atomic E-state index is -0.790. The molecule has 0 aromatic heterocycles. The lowest BCUT2D eigenvalue weighted by atomic mass is 10.0. The normalized spacial score (nSPS) is 12.5. The van der Waals surface area contributed by atoms with Crippen molar-refractivity contribution in [2.24, 2.45) is 0 Å². The third kappa shape index (κ3) is 44.2. The molecule has 0 aliphatic carbocycles. The number of hydrogen-bond donors (Lipinski definition) is 0. The topological polar surface area (TPSA) is 78.9 Å². The number of hydrogen-bond acceptors (Lipinski definition) is 6. The van der Waals surface area contributed by atoms with Gasteiger partial charge in [-0.1, -0.05) is 197 Å². The first kappa shape index (κ1) is 55.1. The van der Waals surface area contributed by atoms with Gasteiger partial charge in [0.25, 0.3) is 0 Å². The van der Waals surface area contributed by atoms with Crippen molar-refractivity contribution in [1.29, 1.82) is 0 Å². The number of carbonyl (C=O) groups is 3. The highest BCUT2D eigenvalue weighted by atomic mass is 16.6. The highest BCUT2D eigenvalue weighted by Gasteiger charge is 2.19. The van der Waals surface area contributed by atoms with E-state index in [1.807, 2.05) is 0 Å². The predicted molar refractivity (Wildman–Crippen MR) is 247 cm³/mol. The minimum Gasteiger partial charge on any atom is -0.462 e. The highest BCUT2D eigenvalue weighted by molar-refractivity contribution is 5.71. The summed E-state index contributed by atoms with van der Waals surface area (Å²) in [6.45, 7) is 6.44. The Morgan fingerprint density at radius 1 is 0.362 bits per heavy atom. The third-order valence-electron chi connectivity index (χ3n) is 10.3. The van der Waals surface area contributed by atoms with Crippen molar-refractivity contribution >= 4 is 17.9 Å². The summed E-state index contributed by atoms with van der Waals surface area (Å²) in [7, 11) is 0. The van der Waals surface area contributed by atoms with Crippen molar-refractivity contribution in [3.63, 3.8) is 0 Å². The quantitative estimate of drug-likeness (QED) is 0.0264. The van der Waals surface area contributed by atoms with Gasteiger partial charge >= 0.3 is 17.9 Å². The SMILES string of the molecule is CC/C=C\C/C=C\C/C=C\C/C=C\CCCCC(=O)OCC(COC(=O)CCCCCCC/C=C\CCCC)OC(=O)CCCCCCCCCCCCCCCC. The van der Waals surface area contributed by atoms with Crippen molar-refractivity contribution in [2.45, 2.75) is 239 Å². The van der Waals surface area contributed by atoms with Crippen LogP contribution in [0.1, 0.15) is 233 Å². The fourth-order valence-corrected chi connectivity index (χ4v) is 6.59. The summed E-state index contributed by atoms with van der Waals surface area (Å²) in [5, 5.41) is 0. The second kappa shape index (κ2) is 46.8. The second-order valence-electron chi connectivity index (χ2n) is 16.0. The number of allylic oxidation sites excluding steroid dienone is 10.